The summed E-state index contributed by atoms with van der Waals surface area (Å²) in [4.78, 5) is 10.5. The van der Waals surface area contributed by atoms with Gasteiger partial charge in [0.05, 0.1) is 5.71 Å². The fourth-order valence-corrected chi connectivity index (χ4v) is 1.40. The van der Waals surface area contributed by atoms with E-state index in [1.165, 1.54) is 5.56 Å². The average Bonchev–Trinajstić information content (AvgIpc) is 2.27. The van der Waals surface area contributed by atoms with Crippen LogP contribution in [0.3, 0.4) is 0 Å². The minimum Gasteiger partial charge on any atom is -0.350 e. The molecule has 0 bridgehead atoms. The third kappa shape index (κ3) is 3.73. The molecular weight excluding hydrogens is 202 g/mol. The lowest BCUT2D eigenvalue weighted by atomic mass is 10.1. The molecule has 0 radical (unpaired) electrons. The van der Waals surface area contributed by atoms with Gasteiger partial charge < -0.3 is 5.73 Å². The van der Waals surface area contributed by atoms with Crippen molar-refractivity contribution in [3.8, 4) is 0 Å². The molecule has 1 aromatic carbocycles. The van der Waals surface area contributed by atoms with Gasteiger partial charge in [0.25, 0.3) is 0 Å². The fourth-order valence-electron chi connectivity index (χ4n) is 1.40. The van der Waals surface area contributed by atoms with Crippen molar-refractivity contribution in [2.45, 2.75) is 26.7 Å². The highest BCUT2D eigenvalue weighted by molar-refractivity contribution is 5.99. The Morgan fingerprint density at radius 2 is 2.00 bits per heavy atom. The first-order valence-electron chi connectivity index (χ1n) is 5.32. The van der Waals surface area contributed by atoms with Crippen molar-refractivity contribution in [3.05, 3.63) is 35.4 Å². The normalized spacial score (nSPS) is 11.2. The lowest BCUT2D eigenvalue weighted by molar-refractivity contribution is 0.249. The Bertz CT molecular complexity index is 382. The van der Waals surface area contributed by atoms with Gasteiger partial charge in [-0.15, -0.1) is 0 Å². The molecule has 0 aromatic heterocycles. The van der Waals surface area contributed by atoms with Crippen LogP contribution in [0.1, 0.15) is 31.4 Å². The Kier molecular flexibility index (Phi) is 4.51. The Morgan fingerprint density at radius 1 is 1.38 bits per heavy atom. The molecule has 0 aliphatic rings. The maximum atomic E-state index is 10.5. The van der Waals surface area contributed by atoms with E-state index in [1.807, 2.05) is 19.1 Å². The van der Waals surface area contributed by atoms with Crippen LogP contribution in [0.2, 0.25) is 0 Å². The predicted molar refractivity (Wildman–Crippen MR) is 65.4 cm³/mol. The van der Waals surface area contributed by atoms with E-state index < -0.39 is 6.03 Å². The van der Waals surface area contributed by atoms with E-state index in [0.29, 0.717) is 0 Å². The minimum absolute atomic E-state index is 0.651. The SMILES string of the molecule is CCCc1ccc(/C(C)=N\NC(N)=O)cc1. The first-order valence-corrected chi connectivity index (χ1v) is 5.32. The second-order valence-electron chi connectivity index (χ2n) is 3.62. The van der Waals surface area contributed by atoms with Gasteiger partial charge >= 0.3 is 6.03 Å². The van der Waals surface area contributed by atoms with Crippen molar-refractivity contribution in [2.24, 2.45) is 10.8 Å². The molecule has 0 heterocycles. The maximum Gasteiger partial charge on any atom is 0.332 e. The molecule has 0 unspecified atom stereocenters. The summed E-state index contributed by atoms with van der Waals surface area (Å²) in [6.07, 6.45) is 2.21. The highest BCUT2D eigenvalue weighted by Gasteiger charge is 1.98. The van der Waals surface area contributed by atoms with Gasteiger partial charge in [-0.25, -0.2) is 10.2 Å². The van der Waals surface area contributed by atoms with Gasteiger partial charge in [-0.3, -0.25) is 0 Å². The largest absolute Gasteiger partial charge is 0.350 e. The lowest BCUT2D eigenvalue weighted by Gasteiger charge is -2.03. The molecule has 0 atom stereocenters. The first kappa shape index (κ1) is 12.2. The summed E-state index contributed by atoms with van der Waals surface area (Å²) in [6.45, 7) is 3.97. The van der Waals surface area contributed by atoms with Crippen molar-refractivity contribution in [1.82, 2.24) is 5.43 Å². The number of urea groups is 1. The summed E-state index contributed by atoms with van der Waals surface area (Å²) in [5.74, 6) is 0. The van der Waals surface area contributed by atoms with Crippen LogP contribution in [0.5, 0.6) is 0 Å². The topological polar surface area (TPSA) is 67.5 Å². The molecule has 0 fully saturated rings. The van der Waals surface area contributed by atoms with E-state index >= 15 is 0 Å². The average molecular weight is 219 g/mol. The van der Waals surface area contributed by atoms with Gasteiger partial charge in [0.1, 0.15) is 0 Å². The van der Waals surface area contributed by atoms with Crippen LogP contribution in [0.4, 0.5) is 4.79 Å². The first-order chi connectivity index (χ1) is 7.63. The van der Waals surface area contributed by atoms with Gasteiger partial charge in [-0.2, -0.15) is 5.10 Å². The number of rotatable bonds is 4. The fraction of sp³-hybridized carbons (Fsp3) is 0.333. The summed E-state index contributed by atoms with van der Waals surface area (Å²) in [5, 5.41) is 3.86. The number of primary amides is 1. The number of nitrogens with one attached hydrogen (secondary N) is 1. The maximum absolute atomic E-state index is 10.5. The molecule has 1 rings (SSSR count). The molecule has 0 aliphatic carbocycles. The summed E-state index contributed by atoms with van der Waals surface area (Å²) in [5.41, 5.74) is 10.2. The van der Waals surface area contributed by atoms with Crippen LogP contribution in [0, 0.1) is 0 Å². The van der Waals surface area contributed by atoms with Crippen molar-refractivity contribution in [3.63, 3.8) is 0 Å². The highest BCUT2D eigenvalue weighted by atomic mass is 16.2. The highest BCUT2D eigenvalue weighted by Crippen LogP contribution is 2.07. The summed E-state index contributed by atoms with van der Waals surface area (Å²) in [7, 11) is 0. The summed E-state index contributed by atoms with van der Waals surface area (Å²) >= 11 is 0. The molecule has 0 aliphatic heterocycles. The zero-order chi connectivity index (χ0) is 12.0. The van der Waals surface area contributed by atoms with E-state index in [1.54, 1.807) is 0 Å². The van der Waals surface area contributed by atoms with Crippen LogP contribution in [-0.4, -0.2) is 11.7 Å². The number of hydrazone groups is 1. The minimum atomic E-state index is -0.651. The molecule has 0 saturated heterocycles. The number of benzene rings is 1. The Hall–Kier alpha value is -1.84. The smallest absolute Gasteiger partial charge is 0.332 e. The number of nitrogens with two attached hydrogens (primary N) is 1. The Balaban J connectivity index is 2.73. The lowest BCUT2D eigenvalue weighted by Crippen LogP contribution is -2.25. The molecule has 4 nitrogen and oxygen atoms in total. The van der Waals surface area contributed by atoms with E-state index in [9.17, 15) is 4.79 Å². The van der Waals surface area contributed by atoms with Gasteiger partial charge in [-0.05, 0) is 24.5 Å². The number of aryl methyl sites for hydroxylation is 1. The molecule has 16 heavy (non-hydrogen) atoms. The van der Waals surface area contributed by atoms with Gasteiger partial charge in [-0.1, -0.05) is 37.6 Å². The van der Waals surface area contributed by atoms with Crippen LogP contribution in [0.15, 0.2) is 29.4 Å². The van der Waals surface area contributed by atoms with Crippen molar-refractivity contribution < 1.29 is 4.79 Å². The van der Waals surface area contributed by atoms with E-state index in [-0.39, 0.29) is 0 Å². The van der Waals surface area contributed by atoms with Crippen molar-refractivity contribution in [1.29, 1.82) is 0 Å². The van der Waals surface area contributed by atoms with Gasteiger partial charge in [0.2, 0.25) is 0 Å². The molecule has 0 spiro atoms. The Labute approximate surface area is 95.5 Å². The second kappa shape index (κ2) is 5.90. The molecular formula is C12H17N3O. The van der Waals surface area contributed by atoms with Crippen LogP contribution in [0.25, 0.3) is 0 Å². The molecule has 1 aromatic rings. The standard InChI is InChI=1S/C12H17N3O/c1-3-4-10-5-7-11(8-6-10)9(2)14-15-12(13)16/h5-8H,3-4H2,1-2H3,(H3,13,15,16)/b14-9-. The summed E-state index contributed by atoms with van der Waals surface area (Å²) in [6, 6.07) is 7.48. The number of carbonyl (C=O) groups excluding carboxylic acids is 1. The van der Waals surface area contributed by atoms with Gasteiger partial charge in [0.15, 0.2) is 0 Å². The van der Waals surface area contributed by atoms with E-state index in [0.717, 1.165) is 24.1 Å². The van der Waals surface area contributed by atoms with Crippen LogP contribution < -0.4 is 11.2 Å². The quantitative estimate of drug-likeness (QED) is 0.590. The second-order valence-corrected chi connectivity index (χ2v) is 3.62. The monoisotopic (exact) mass is 219 g/mol. The number of hydrogen-bond donors (Lipinski definition) is 2. The number of nitrogens with zero attached hydrogens (tertiary/aromatic N) is 1. The molecule has 0 saturated carbocycles. The molecule has 2 amide bonds. The Morgan fingerprint density at radius 3 is 2.50 bits per heavy atom. The van der Waals surface area contributed by atoms with Crippen LogP contribution >= 0.6 is 0 Å². The number of hydrogen-bond acceptors (Lipinski definition) is 2. The molecule has 86 valence electrons. The van der Waals surface area contributed by atoms with Gasteiger partial charge in [0, 0.05) is 0 Å². The zero-order valence-electron chi connectivity index (χ0n) is 9.66. The van der Waals surface area contributed by atoms with Crippen molar-refractivity contribution in [2.75, 3.05) is 0 Å². The van der Waals surface area contributed by atoms with Crippen molar-refractivity contribution >= 4 is 11.7 Å². The molecule has 3 N–H and O–H groups in total. The van der Waals surface area contributed by atoms with Crippen LogP contribution in [-0.2, 0) is 6.42 Å². The number of amides is 2. The summed E-state index contributed by atoms with van der Waals surface area (Å²) < 4.78 is 0. The predicted octanol–water partition coefficient (Wildman–Crippen LogP) is 2.03. The van der Waals surface area contributed by atoms with E-state index in [2.05, 4.69) is 29.6 Å². The number of carbonyl (C=O) groups is 1. The zero-order valence-corrected chi connectivity index (χ0v) is 9.66. The third-order valence-electron chi connectivity index (χ3n) is 2.24. The molecule has 4 heteroatoms. The van der Waals surface area contributed by atoms with E-state index in [4.69, 9.17) is 5.73 Å². The third-order valence-corrected chi connectivity index (χ3v) is 2.24.